The summed E-state index contributed by atoms with van der Waals surface area (Å²) in [7, 11) is 0. The van der Waals surface area contributed by atoms with Gasteiger partial charge in [-0.15, -0.1) is 0 Å². The Labute approximate surface area is 136 Å². The van der Waals surface area contributed by atoms with Crippen LogP contribution in [-0.2, 0) is 6.61 Å². The molecule has 4 nitrogen and oxygen atoms in total. The van der Waals surface area contributed by atoms with Crippen molar-refractivity contribution in [2.24, 2.45) is 5.92 Å². The van der Waals surface area contributed by atoms with Crippen molar-refractivity contribution in [3.63, 3.8) is 0 Å². The highest BCUT2D eigenvalue weighted by molar-refractivity contribution is 5.92. The van der Waals surface area contributed by atoms with Gasteiger partial charge in [0, 0.05) is 0 Å². The topological polar surface area (TPSA) is 66.8 Å². The van der Waals surface area contributed by atoms with Gasteiger partial charge in [0.05, 0.1) is 13.2 Å². The van der Waals surface area contributed by atoms with Gasteiger partial charge in [-0.25, -0.2) is 4.79 Å². The fourth-order valence-corrected chi connectivity index (χ4v) is 2.21. The Morgan fingerprint density at radius 3 is 2.30 bits per heavy atom. The Kier molecular flexibility index (Phi) is 5.77. The van der Waals surface area contributed by atoms with Crippen LogP contribution in [0.5, 0.6) is 5.75 Å². The first-order valence-electron chi connectivity index (χ1n) is 7.71. The summed E-state index contributed by atoms with van der Waals surface area (Å²) in [5, 5.41) is 18.5. The molecular formula is C19H22O4. The van der Waals surface area contributed by atoms with Crippen LogP contribution >= 0.6 is 0 Å². The monoisotopic (exact) mass is 314 g/mol. The van der Waals surface area contributed by atoms with E-state index in [0.717, 1.165) is 23.1 Å². The largest absolute Gasteiger partial charge is 0.493 e. The molecule has 23 heavy (non-hydrogen) atoms. The van der Waals surface area contributed by atoms with Gasteiger partial charge in [0.1, 0.15) is 11.3 Å². The number of carbonyl (C=O) groups is 1. The molecule has 2 rings (SSSR count). The van der Waals surface area contributed by atoms with Crippen LogP contribution in [0.1, 0.15) is 36.2 Å². The molecule has 122 valence electrons. The van der Waals surface area contributed by atoms with Crippen LogP contribution in [0.2, 0.25) is 0 Å². The van der Waals surface area contributed by atoms with E-state index in [1.54, 1.807) is 12.1 Å². The summed E-state index contributed by atoms with van der Waals surface area (Å²) < 4.78 is 5.62. The molecule has 2 N–H and O–H groups in total. The Morgan fingerprint density at radius 2 is 1.74 bits per heavy atom. The van der Waals surface area contributed by atoms with E-state index in [9.17, 15) is 9.90 Å². The lowest BCUT2D eigenvalue weighted by molar-refractivity contribution is 0.0692. The molecule has 0 saturated heterocycles. The highest BCUT2D eigenvalue weighted by Gasteiger charge is 2.13. The summed E-state index contributed by atoms with van der Waals surface area (Å²) >= 11 is 0. The van der Waals surface area contributed by atoms with Gasteiger partial charge in [-0.1, -0.05) is 44.2 Å². The maximum Gasteiger partial charge on any atom is 0.339 e. The third kappa shape index (κ3) is 4.57. The Bertz CT molecular complexity index is 660. The van der Waals surface area contributed by atoms with Gasteiger partial charge >= 0.3 is 5.97 Å². The average molecular weight is 314 g/mol. The number of rotatable bonds is 7. The number of aliphatic hydroxyl groups excluding tert-OH is 1. The number of hydrogen-bond acceptors (Lipinski definition) is 3. The first kappa shape index (κ1) is 17.0. The van der Waals surface area contributed by atoms with Crippen molar-refractivity contribution < 1.29 is 19.7 Å². The third-order valence-electron chi connectivity index (χ3n) is 3.63. The molecule has 0 heterocycles. The van der Waals surface area contributed by atoms with Crippen molar-refractivity contribution in [2.75, 3.05) is 6.61 Å². The van der Waals surface area contributed by atoms with Crippen LogP contribution in [0.25, 0.3) is 11.1 Å². The summed E-state index contributed by atoms with van der Waals surface area (Å²) in [5.74, 6) is -0.0974. The van der Waals surface area contributed by atoms with Crippen LogP contribution in [0.15, 0.2) is 42.5 Å². The van der Waals surface area contributed by atoms with Crippen LogP contribution in [-0.4, -0.2) is 22.8 Å². The molecule has 2 aromatic carbocycles. The van der Waals surface area contributed by atoms with Crippen molar-refractivity contribution in [1.82, 2.24) is 0 Å². The van der Waals surface area contributed by atoms with Crippen LogP contribution in [0.3, 0.4) is 0 Å². The quantitative estimate of drug-likeness (QED) is 0.811. The molecule has 0 bridgehead atoms. The van der Waals surface area contributed by atoms with Gasteiger partial charge in [-0.05, 0) is 41.2 Å². The molecule has 0 radical (unpaired) electrons. The Balaban J connectivity index is 2.25. The SMILES string of the molecule is CC(C)CCOc1ccc(-c2ccc(CO)cc2)cc1C(=O)O. The fraction of sp³-hybridized carbons (Fsp3) is 0.316. The second-order valence-corrected chi connectivity index (χ2v) is 5.90. The molecule has 0 aliphatic carbocycles. The van der Waals surface area contributed by atoms with E-state index >= 15 is 0 Å². The minimum atomic E-state index is -1.00. The Morgan fingerprint density at radius 1 is 1.09 bits per heavy atom. The van der Waals surface area contributed by atoms with E-state index in [1.165, 1.54) is 0 Å². The van der Waals surface area contributed by atoms with Gasteiger partial charge in [0.25, 0.3) is 0 Å². The zero-order valence-corrected chi connectivity index (χ0v) is 13.5. The summed E-state index contributed by atoms with van der Waals surface area (Å²) in [6.07, 6.45) is 0.878. The highest BCUT2D eigenvalue weighted by Crippen LogP contribution is 2.27. The molecule has 0 amide bonds. The van der Waals surface area contributed by atoms with E-state index in [-0.39, 0.29) is 12.2 Å². The van der Waals surface area contributed by atoms with Crippen LogP contribution in [0, 0.1) is 5.92 Å². The maximum absolute atomic E-state index is 11.5. The summed E-state index contributed by atoms with van der Waals surface area (Å²) in [6, 6.07) is 12.6. The third-order valence-corrected chi connectivity index (χ3v) is 3.63. The minimum absolute atomic E-state index is 0.0106. The molecule has 2 aromatic rings. The number of ether oxygens (including phenoxy) is 1. The summed E-state index contributed by atoms with van der Waals surface area (Å²) in [5.41, 5.74) is 2.69. The second-order valence-electron chi connectivity index (χ2n) is 5.90. The van der Waals surface area contributed by atoms with Gasteiger partial charge in [-0.3, -0.25) is 0 Å². The lowest BCUT2D eigenvalue weighted by atomic mass is 10.0. The van der Waals surface area contributed by atoms with Crippen molar-refractivity contribution >= 4 is 5.97 Å². The smallest absolute Gasteiger partial charge is 0.339 e. The predicted octanol–water partition coefficient (Wildman–Crippen LogP) is 3.97. The van der Waals surface area contributed by atoms with E-state index < -0.39 is 5.97 Å². The zero-order chi connectivity index (χ0) is 16.8. The van der Waals surface area contributed by atoms with Crippen LogP contribution in [0.4, 0.5) is 0 Å². The van der Waals surface area contributed by atoms with Gasteiger partial charge < -0.3 is 14.9 Å². The zero-order valence-electron chi connectivity index (χ0n) is 13.5. The predicted molar refractivity (Wildman–Crippen MR) is 89.7 cm³/mol. The first-order valence-corrected chi connectivity index (χ1v) is 7.71. The molecule has 0 fully saturated rings. The van der Waals surface area contributed by atoms with E-state index in [0.29, 0.717) is 18.3 Å². The molecule has 0 aliphatic heterocycles. The van der Waals surface area contributed by atoms with Crippen molar-refractivity contribution in [1.29, 1.82) is 0 Å². The minimum Gasteiger partial charge on any atom is -0.493 e. The molecular weight excluding hydrogens is 292 g/mol. The molecule has 4 heteroatoms. The van der Waals surface area contributed by atoms with Crippen LogP contribution < -0.4 is 4.74 Å². The number of hydrogen-bond donors (Lipinski definition) is 2. The molecule has 0 saturated carbocycles. The number of aliphatic hydroxyl groups is 1. The van der Waals surface area contributed by atoms with Crippen molar-refractivity contribution in [3.8, 4) is 16.9 Å². The number of carboxylic acid groups (broad SMARTS) is 1. The highest BCUT2D eigenvalue weighted by atomic mass is 16.5. The van der Waals surface area contributed by atoms with Gasteiger partial charge in [0.2, 0.25) is 0 Å². The Hall–Kier alpha value is -2.33. The summed E-state index contributed by atoms with van der Waals surface area (Å²) in [6.45, 7) is 4.69. The van der Waals surface area contributed by atoms with Crippen molar-refractivity contribution in [3.05, 3.63) is 53.6 Å². The standard InChI is InChI=1S/C19H22O4/c1-13(2)9-10-23-18-8-7-16(11-17(18)19(21)22)15-5-3-14(12-20)4-6-15/h3-8,11,13,20H,9-10,12H2,1-2H3,(H,21,22). The van der Waals surface area contributed by atoms with E-state index in [4.69, 9.17) is 9.84 Å². The van der Waals surface area contributed by atoms with E-state index in [1.807, 2.05) is 30.3 Å². The second kappa shape index (κ2) is 7.79. The fourth-order valence-electron chi connectivity index (χ4n) is 2.21. The lowest BCUT2D eigenvalue weighted by Crippen LogP contribution is -2.06. The van der Waals surface area contributed by atoms with Crippen molar-refractivity contribution in [2.45, 2.75) is 26.9 Å². The first-order chi connectivity index (χ1) is 11.0. The molecule has 0 spiro atoms. The average Bonchev–Trinajstić information content (AvgIpc) is 2.54. The number of aromatic carboxylic acids is 1. The molecule has 0 aromatic heterocycles. The lowest BCUT2D eigenvalue weighted by Gasteiger charge is -2.12. The normalized spacial score (nSPS) is 10.8. The number of carboxylic acids is 1. The molecule has 0 aliphatic rings. The van der Waals surface area contributed by atoms with Gasteiger partial charge in [-0.2, -0.15) is 0 Å². The molecule has 0 unspecified atom stereocenters. The number of benzene rings is 2. The molecule has 0 atom stereocenters. The van der Waals surface area contributed by atoms with Gasteiger partial charge in [0.15, 0.2) is 0 Å². The van der Waals surface area contributed by atoms with E-state index in [2.05, 4.69) is 13.8 Å². The summed E-state index contributed by atoms with van der Waals surface area (Å²) in [4.78, 5) is 11.5. The maximum atomic E-state index is 11.5.